The molecule has 2 aromatic rings. The lowest BCUT2D eigenvalue weighted by atomic mass is 9.82. The van der Waals surface area contributed by atoms with Crippen molar-refractivity contribution in [3.05, 3.63) is 60.2 Å². The number of nitrogens with one attached hydrogen (secondary N) is 1. The van der Waals surface area contributed by atoms with Crippen molar-refractivity contribution in [2.45, 2.75) is 37.6 Å². The molecule has 1 fully saturated rings. The summed E-state index contributed by atoms with van der Waals surface area (Å²) >= 11 is 0. The van der Waals surface area contributed by atoms with E-state index >= 15 is 0 Å². The van der Waals surface area contributed by atoms with Gasteiger partial charge < -0.3 is 10.1 Å². The van der Waals surface area contributed by atoms with Crippen molar-refractivity contribution < 1.29 is 17.9 Å². The zero-order valence-corrected chi connectivity index (χ0v) is 18.4. The van der Waals surface area contributed by atoms with E-state index in [0.29, 0.717) is 38.2 Å². The van der Waals surface area contributed by atoms with Gasteiger partial charge in [-0.3, -0.25) is 4.79 Å². The number of amides is 1. The average molecular weight is 431 g/mol. The van der Waals surface area contributed by atoms with Crippen molar-refractivity contribution in [3.8, 4) is 5.75 Å². The molecule has 7 heteroatoms. The zero-order chi connectivity index (χ0) is 21.6. The Hall–Kier alpha value is -2.38. The number of hydrogen-bond acceptors (Lipinski definition) is 4. The summed E-state index contributed by atoms with van der Waals surface area (Å²) in [6.45, 7) is 3.45. The molecule has 1 amide bonds. The number of hydrogen-bond donors (Lipinski definition) is 1. The smallest absolute Gasteiger partial charge is 0.243 e. The summed E-state index contributed by atoms with van der Waals surface area (Å²) in [6.07, 6.45) is 1.96. The lowest BCUT2D eigenvalue weighted by molar-refractivity contribution is -0.122. The maximum atomic E-state index is 13.0. The molecular weight excluding hydrogens is 400 g/mol. The Labute approximate surface area is 179 Å². The van der Waals surface area contributed by atoms with Crippen LogP contribution in [0.1, 0.15) is 31.7 Å². The Kier molecular flexibility index (Phi) is 7.50. The molecule has 1 heterocycles. The lowest BCUT2D eigenvalue weighted by Crippen LogP contribution is -2.44. The second-order valence-corrected chi connectivity index (χ2v) is 9.66. The minimum atomic E-state index is -3.55. The monoisotopic (exact) mass is 430 g/mol. The molecular formula is C23H30N2O4S. The molecule has 2 aromatic carbocycles. The predicted molar refractivity (Wildman–Crippen MR) is 117 cm³/mol. The van der Waals surface area contributed by atoms with E-state index in [1.165, 1.54) is 0 Å². The summed E-state index contributed by atoms with van der Waals surface area (Å²) in [6, 6.07) is 16.3. The fourth-order valence-electron chi connectivity index (χ4n) is 4.00. The molecule has 3 rings (SSSR count). The minimum Gasteiger partial charge on any atom is -0.497 e. The summed E-state index contributed by atoms with van der Waals surface area (Å²) in [5, 5.41) is 2.99. The normalized spacial score (nSPS) is 19.9. The van der Waals surface area contributed by atoms with Gasteiger partial charge in [0, 0.05) is 26.1 Å². The Bertz CT molecular complexity index is 929. The molecule has 1 saturated heterocycles. The van der Waals surface area contributed by atoms with Crippen LogP contribution in [0.2, 0.25) is 0 Å². The van der Waals surface area contributed by atoms with Gasteiger partial charge in [0.15, 0.2) is 0 Å². The second-order valence-electron chi connectivity index (χ2n) is 7.72. The largest absolute Gasteiger partial charge is 0.497 e. The first-order valence-electron chi connectivity index (χ1n) is 10.4. The zero-order valence-electron chi connectivity index (χ0n) is 17.6. The van der Waals surface area contributed by atoms with Crippen molar-refractivity contribution in [2.75, 3.05) is 20.2 Å². The van der Waals surface area contributed by atoms with Gasteiger partial charge in [-0.25, -0.2) is 8.42 Å². The van der Waals surface area contributed by atoms with Crippen LogP contribution < -0.4 is 10.1 Å². The summed E-state index contributed by atoms with van der Waals surface area (Å²) in [5.41, 5.74) is 1.07. The van der Waals surface area contributed by atoms with Crippen molar-refractivity contribution in [3.63, 3.8) is 0 Å². The van der Waals surface area contributed by atoms with Crippen molar-refractivity contribution in [1.82, 2.24) is 9.62 Å². The number of ether oxygens (including phenoxy) is 1. The van der Waals surface area contributed by atoms with Crippen LogP contribution in [0.25, 0.3) is 0 Å². The van der Waals surface area contributed by atoms with E-state index in [1.807, 2.05) is 30.3 Å². The van der Waals surface area contributed by atoms with E-state index in [9.17, 15) is 13.2 Å². The van der Waals surface area contributed by atoms with Gasteiger partial charge >= 0.3 is 0 Å². The van der Waals surface area contributed by atoms with E-state index in [-0.39, 0.29) is 22.6 Å². The molecule has 0 saturated carbocycles. The number of nitrogens with zero attached hydrogens (tertiary/aromatic N) is 1. The topological polar surface area (TPSA) is 75.7 Å². The predicted octanol–water partition coefficient (Wildman–Crippen LogP) is 3.44. The van der Waals surface area contributed by atoms with Crippen molar-refractivity contribution in [1.29, 1.82) is 0 Å². The van der Waals surface area contributed by atoms with Gasteiger partial charge in [0.1, 0.15) is 5.75 Å². The van der Waals surface area contributed by atoms with Crippen molar-refractivity contribution in [2.24, 2.45) is 11.8 Å². The molecule has 0 aromatic heterocycles. The molecule has 1 aliphatic heterocycles. The van der Waals surface area contributed by atoms with E-state index < -0.39 is 10.0 Å². The molecule has 30 heavy (non-hydrogen) atoms. The van der Waals surface area contributed by atoms with Gasteiger partial charge in [0.05, 0.1) is 12.0 Å². The summed E-state index contributed by atoms with van der Waals surface area (Å²) in [5.74, 6) is 0.997. The summed E-state index contributed by atoms with van der Waals surface area (Å²) < 4.78 is 32.8. The molecule has 1 N–H and O–H groups in total. The maximum absolute atomic E-state index is 13.0. The Balaban J connectivity index is 1.59. The SMILES string of the molecule is CC[C@H]1CN(S(=O)(=O)c2ccc(OC)cc2)CC[C@H]1CC(=O)NCc1ccccc1. The van der Waals surface area contributed by atoms with Crippen LogP contribution in [-0.2, 0) is 21.4 Å². The van der Waals surface area contributed by atoms with Gasteiger partial charge in [-0.2, -0.15) is 4.31 Å². The molecule has 0 bridgehead atoms. The third kappa shape index (κ3) is 5.40. The average Bonchev–Trinajstić information content (AvgIpc) is 2.78. The fourth-order valence-corrected chi connectivity index (χ4v) is 5.51. The fraction of sp³-hybridized carbons (Fsp3) is 0.435. The molecule has 0 aliphatic carbocycles. The molecule has 162 valence electrons. The summed E-state index contributed by atoms with van der Waals surface area (Å²) in [4.78, 5) is 12.7. The molecule has 1 aliphatic rings. The highest BCUT2D eigenvalue weighted by molar-refractivity contribution is 7.89. The third-order valence-electron chi connectivity index (χ3n) is 5.86. The van der Waals surface area contributed by atoms with Crippen LogP contribution in [0, 0.1) is 11.8 Å². The number of methoxy groups -OCH3 is 1. The number of piperidine rings is 1. The van der Waals surface area contributed by atoms with E-state index in [1.54, 1.807) is 35.7 Å². The van der Waals surface area contributed by atoms with E-state index in [2.05, 4.69) is 12.2 Å². The Morgan fingerprint density at radius 3 is 2.43 bits per heavy atom. The first-order valence-corrected chi connectivity index (χ1v) is 11.8. The van der Waals surface area contributed by atoms with Gasteiger partial charge in [0.25, 0.3) is 0 Å². The van der Waals surface area contributed by atoms with Gasteiger partial charge in [-0.05, 0) is 48.1 Å². The number of benzene rings is 2. The number of rotatable bonds is 8. The first kappa shape index (κ1) is 22.3. The van der Waals surface area contributed by atoms with Crippen LogP contribution in [0.4, 0.5) is 0 Å². The van der Waals surface area contributed by atoms with Crippen LogP contribution in [0.15, 0.2) is 59.5 Å². The van der Waals surface area contributed by atoms with Crippen molar-refractivity contribution >= 4 is 15.9 Å². The van der Waals surface area contributed by atoms with Crippen LogP contribution in [0.3, 0.4) is 0 Å². The number of carbonyl (C=O) groups excluding carboxylic acids is 1. The standard InChI is InChI=1S/C23H30N2O4S/c1-3-19-17-25(30(27,28)22-11-9-21(29-2)10-12-22)14-13-20(19)15-23(26)24-16-18-7-5-4-6-8-18/h4-12,19-20H,3,13-17H2,1-2H3,(H,24,26)/t19-,20-/m0/s1. The minimum absolute atomic E-state index is 0.0220. The quantitative estimate of drug-likeness (QED) is 0.696. The molecule has 6 nitrogen and oxygen atoms in total. The lowest BCUT2D eigenvalue weighted by Gasteiger charge is -2.37. The number of carbonyl (C=O) groups is 1. The van der Waals surface area contributed by atoms with E-state index in [4.69, 9.17) is 4.74 Å². The highest BCUT2D eigenvalue weighted by Crippen LogP contribution is 2.32. The third-order valence-corrected chi connectivity index (χ3v) is 7.74. The molecule has 2 atom stereocenters. The highest BCUT2D eigenvalue weighted by Gasteiger charge is 2.35. The summed E-state index contributed by atoms with van der Waals surface area (Å²) in [7, 11) is -2.00. The van der Waals surface area contributed by atoms with Crippen LogP contribution in [-0.4, -0.2) is 38.8 Å². The maximum Gasteiger partial charge on any atom is 0.243 e. The molecule has 0 spiro atoms. The van der Waals surface area contributed by atoms with Crippen LogP contribution in [0.5, 0.6) is 5.75 Å². The first-order chi connectivity index (χ1) is 14.4. The van der Waals surface area contributed by atoms with Crippen LogP contribution >= 0.6 is 0 Å². The van der Waals surface area contributed by atoms with Gasteiger partial charge in [0.2, 0.25) is 15.9 Å². The Morgan fingerprint density at radius 1 is 1.10 bits per heavy atom. The van der Waals surface area contributed by atoms with E-state index in [0.717, 1.165) is 12.0 Å². The van der Waals surface area contributed by atoms with Gasteiger partial charge in [-0.15, -0.1) is 0 Å². The molecule has 0 unspecified atom stereocenters. The van der Waals surface area contributed by atoms with Gasteiger partial charge in [-0.1, -0.05) is 43.7 Å². The Morgan fingerprint density at radius 2 is 1.80 bits per heavy atom. The highest BCUT2D eigenvalue weighted by atomic mass is 32.2. The number of sulfonamides is 1. The second kappa shape index (κ2) is 10.1. The molecule has 0 radical (unpaired) electrons.